The van der Waals surface area contributed by atoms with Gasteiger partial charge in [-0.1, -0.05) is 36.4 Å². The second kappa shape index (κ2) is 7.85. The maximum Gasteiger partial charge on any atom is 0.268 e. The average Bonchev–Trinajstić information content (AvgIpc) is 2.94. The summed E-state index contributed by atoms with van der Waals surface area (Å²) in [5, 5.41) is 4.33. The number of rotatable bonds is 5. The van der Waals surface area contributed by atoms with Crippen molar-refractivity contribution in [2.45, 2.75) is 42.1 Å². The van der Waals surface area contributed by atoms with E-state index in [1.165, 1.54) is 11.8 Å². The Morgan fingerprint density at radius 3 is 3.04 bits per heavy atom. The van der Waals surface area contributed by atoms with E-state index in [0.717, 1.165) is 17.0 Å². The molecule has 1 aromatic heterocycles. The number of carbonyl (C=O) groups is 1. The zero-order valence-electron chi connectivity index (χ0n) is 13.9. The Labute approximate surface area is 159 Å². The molecule has 0 saturated carbocycles. The van der Waals surface area contributed by atoms with Crippen LogP contribution < -0.4 is 10.9 Å². The van der Waals surface area contributed by atoms with Gasteiger partial charge in [-0.05, 0) is 25.1 Å². The lowest BCUT2D eigenvalue weighted by molar-refractivity contribution is -0.113. The van der Waals surface area contributed by atoms with Gasteiger partial charge in [0, 0.05) is 28.9 Å². The van der Waals surface area contributed by atoms with Crippen LogP contribution in [0, 0.1) is 0 Å². The number of fused-ring (bicyclic) bond motifs is 1. The maximum absolute atomic E-state index is 12.6. The summed E-state index contributed by atoms with van der Waals surface area (Å²) in [5.74, 6) is 0.0212. The molecule has 5 nitrogen and oxygen atoms in total. The topological polar surface area (TPSA) is 64.0 Å². The Kier molecular flexibility index (Phi) is 5.76. The Morgan fingerprint density at radius 2 is 2.32 bits per heavy atom. The Morgan fingerprint density at radius 1 is 1.52 bits per heavy atom. The molecule has 0 saturated heterocycles. The molecule has 132 valence electrons. The van der Waals surface area contributed by atoms with E-state index in [9.17, 15) is 9.59 Å². The highest BCUT2D eigenvalue weighted by atomic mass is 35.5. The van der Waals surface area contributed by atoms with Crippen LogP contribution in [0.4, 0.5) is 5.69 Å². The van der Waals surface area contributed by atoms with Crippen LogP contribution in [0.5, 0.6) is 0 Å². The van der Waals surface area contributed by atoms with Gasteiger partial charge in [-0.2, -0.15) is 0 Å². The van der Waals surface area contributed by atoms with E-state index in [4.69, 9.17) is 11.6 Å². The molecule has 0 bridgehead atoms. The first kappa shape index (κ1) is 18.4. The van der Waals surface area contributed by atoms with Crippen molar-refractivity contribution >= 4 is 46.7 Å². The summed E-state index contributed by atoms with van der Waals surface area (Å²) in [7, 11) is 0. The van der Waals surface area contributed by atoms with Crippen molar-refractivity contribution in [2.75, 3.05) is 11.1 Å². The van der Waals surface area contributed by atoms with Gasteiger partial charge in [0.05, 0.1) is 16.3 Å². The van der Waals surface area contributed by atoms with E-state index in [0.29, 0.717) is 27.7 Å². The summed E-state index contributed by atoms with van der Waals surface area (Å²) in [4.78, 5) is 30.2. The summed E-state index contributed by atoms with van der Waals surface area (Å²) >= 11 is 8.79. The predicted molar refractivity (Wildman–Crippen MR) is 104 cm³/mol. The van der Waals surface area contributed by atoms with Crippen LogP contribution in [0.3, 0.4) is 0 Å². The first-order valence-corrected chi connectivity index (χ1v) is 10.2. The lowest BCUT2D eigenvalue weighted by Gasteiger charge is -2.11. The van der Waals surface area contributed by atoms with Crippen LogP contribution in [-0.4, -0.2) is 26.5 Å². The number of carbonyl (C=O) groups excluding carboxylic acids is 1. The van der Waals surface area contributed by atoms with E-state index >= 15 is 0 Å². The second-order valence-electron chi connectivity index (χ2n) is 5.70. The first-order chi connectivity index (χ1) is 12.0. The number of nitrogens with zero attached hydrogens (tertiary/aromatic N) is 2. The molecule has 0 unspecified atom stereocenters. The Bertz CT molecular complexity index is 869. The van der Waals surface area contributed by atoms with Gasteiger partial charge in [-0.15, -0.1) is 11.8 Å². The summed E-state index contributed by atoms with van der Waals surface area (Å²) in [5.41, 5.74) is 1.50. The van der Waals surface area contributed by atoms with Crippen molar-refractivity contribution in [3.05, 3.63) is 45.3 Å². The number of hydrogen-bond donors (Lipinski definition) is 1. The zero-order valence-corrected chi connectivity index (χ0v) is 16.3. The van der Waals surface area contributed by atoms with Gasteiger partial charge < -0.3 is 5.32 Å². The fourth-order valence-corrected chi connectivity index (χ4v) is 4.80. The highest BCUT2D eigenvalue weighted by Gasteiger charge is 2.26. The average molecular weight is 396 g/mol. The molecule has 2 aromatic rings. The van der Waals surface area contributed by atoms with E-state index in [1.807, 2.05) is 6.92 Å². The molecule has 0 spiro atoms. The van der Waals surface area contributed by atoms with Gasteiger partial charge in [0.25, 0.3) is 5.56 Å². The predicted octanol–water partition coefficient (Wildman–Crippen LogP) is 3.68. The molecular formula is C17H18ClN3O2S2. The Hall–Kier alpha value is -1.44. The van der Waals surface area contributed by atoms with Gasteiger partial charge >= 0.3 is 0 Å². The molecule has 0 radical (unpaired) electrons. The summed E-state index contributed by atoms with van der Waals surface area (Å²) in [6.07, 6.45) is 0.794. The van der Waals surface area contributed by atoms with E-state index in [1.54, 1.807) is 40.6 Å². The van der Waals surface area contributed by atoms with Crippen molar-refractivity contribution in [3.63, 3.8) is 0 Å². The summed E-state index contributed by atoms with van der Waals surface area (Å²) in [6, 6.07) is 7.00. The number of anilines is 1. The molecule has 1 amide bonds. The zero-order chi connectivity index (χ0) is 18.0. The number of halogens is 1. The van der Waals surface area contributed by atoms with Crippen LogP contribution in [0.2, 0.25) is 5.02 Å². The van der Waals surface area contributed by atoms with Crippen molar-refractivity contribution in [2.24, 2.45) is 0 Å². The molecular weight excluding hydrogens is 378 g/mol. The minimum atomic E-state index is -0.160. The van der Waals surface area contributed by atoms with E-state index in [2.05, 4.69) is 17.2 Å². The number of amides is 1. The number of nitrogens with one attached hydrogen (secondary N) is 1. The van der Waals surface area contributed by atoms with E-state index in [-0.39, 0.29) is 17.2 Å². The van der Waals surface area contributed by atoms with Crippen LogP contribution in [0.1, 0.15) is 19.5 Å². The molecule has 3 rings (SSSR count). The molecule has 1 aromatic carbocycles. The van der Waals surface area contributed by atoms with Gasteiger partial charge in [-0.25, -0.2) is 4.98 Å². The number of benzene rings is 1. The minimum absolute atomic E-state index is 0.000371. The van der Waals surface area contributed by atoms with Crippen molar-refractivity contribution in [1.29, 1.82) is 0 Å². The normalized spacial score (nSPS) is 15.9. The fourth-order valence-electron chi connectivity index (χ4n) is 2.61. The van der Waals surface area contributed by atoms with Crippen molar-refractivity contribution in [3.8, 4) is 0 Å². The van der Waals surface area contributed by atoms with Crippen molar-refractivity contribution < 1.29 is 4.79 Å². The molecule has 1 atom stereocenters. The molecule has 0 fully saturated rings. The Balaban J connectivity index is 1.73. The largest absolute Gasteiger partial charge is 0.325 e. The second-order valence-corrected chi connectivity index (χ2v) is 8.53. The van der Waals surface area contributed by atoms with E-state index < -0.39 is 0 Å². The maximum atomic E-state index is 12.6. The third kappa shape index (κ3) is 4.22. The number of aromatic nitrogens is 2. The molecule has 0 aliphatic carbocycles. The summed E-state index contributed by atoms with van der Waals surface area (Å²) < 4.78 is 1.64. The third-order valence-electron chi connectivity index (χ3n) is 3.72. The molecule has 1 aliphatic rings. The summed E-state index contributed by atoms with van der Waals surface area (Å²) in [6.45, 7) is 4.54. The van der Waals surface area contributed by atoms with Crippen LogP contribution in [0.25, 0.3) is 0 Å². The fraction of sp³-hybridized carbons (Fsp3) is 0.353. The SMILES string of the molecule is CCn1c(SCC(=O)Nc2cccc(Cl)c2)nc2c(c1=O)S[C@H](C)C2. The smallest absolute Gasteiger partial charge is 0.268 e. The van der Waals surface area contributed by atoms with Crippen LogP contribution in [0.15, 0.2) is 39.1 Å². The highest BCUT2D eigenvalue weighted by molar-refractivity contribution is 8.00. The lowest BCUT2D eigenvalue weighted by Crippen LogP contribution is -2.25. The molecule has 2 heterocycles. The standard InChI is InChI=1S/C17H18ClN3O2S2/c1-3-21-16(23)15-13(7-10(2)25-15)20-17(21)24-9-14(22)19-12-6-4-5-11(18)8-12/h4-6,8,10H,3,7,9H2,1-2H3,(H,19,22)/t10-/m1/s1. The number of hydrogen-bond acceptors (Lipinski definition) is 5. The minimum Gasteiger partial charge on any atom is -0.325 e. The van der Waals surface area contributed by atoms with Gasteiger partial charge in [-0.3, -0.25) is 14.2 Å². The molecule has 1 aliphatic heterocycles. The van der Waals surface area contributed by atoms with Gasteiger partial charge in [0.15, 0.2) is 5.16 Å². The first-order valence-electron chi connectivity index (χ1n) is 7.96. The highest BCUT2D eigenvalue weighted by Crippen LogP contribution is 2.34. The monoisotopic (exact) mass is 395 g/mol. The molecule has 1 N–H and O–H groups in total. The van der Waals surface area contributed by atoms with Crippen LogP contribution in [-0.2, 0) is 17.8 Å². The lowest BCUT2D eigenvalue weighted by atomic mass is 10.2. The molecule has 8 heteroatoms. The van der Waals surface area contributed by atoms with Crippen LogP contribution >= 0.6 is 35.1 Å². The van der Waals surface area contributed by atoms with Crippen molar-refractivity contribution in [1.82, 2.24) is 9.55 Å². The quantitative estimate of drug-likeness (QED) is 0.618. The van der Waals surface area contributed by atoms with Gasteiger partial charge in [0.1, 0.15) is 0 Å². The van der Waals surface area contributed by atoms with Gasteiger partial charge in [0.2, 0.25) is 5.91 Å². The third-order valence-corrected chi connectivity index (χ3v) is 6.15. The molecule has 25 heavy (non-hydrogen) atoms. The number of thioether (sulfide) groups is 2.